The first-order valence-electron chi connectivity index (χ1n) is 9.59. The number of nitro groups is 1. The number of carbonyl (C=O) groups is 2. The van der Waals surface area contributed by atoms with Crippen LogP contribution in [0.3, 0.4) is 0 Å². The highest BCUT2D eigenvalue weighted by Gasteiger charge is 2.18. The van der Waals surface area contributed by atoms with Crippen LogP contribution in [0.1, 0.15) is 20.9 Å². The van der Waals surface area contributed by atoms with Gasteiger partial charge in [0.05, 0.1) is 28.3 Å². The van der Waals surface area contributed by atoms with Gasteiger partial charge in [0.1, 0.15) is 11.3 Å². The number of amides is 2. The number of nitro benzene ring substituents is 1. The molecule has 0 aliphatic rings. The zero-order valence-electron chi connectivity index (χ0n) is 17.1. The first-order chi connectivity index (χ1) is 15.9. The van der Waals surface area contributed by atoms with Crippen molar-refractivity contribution in [2.24, 2.45) is 0 Å². The molecule has 0 aliphatic carbocycles. The fourth-order valence-electron chi connectivity index (χ4n) is 3.15. The van der Waals surface area contributed by atoms with Crippen LogP contribution in [0.5, 0.6) is 5.75 Å². The molecule has 0 atom stereocenters. The third kappa shape index (κ3) is 4.63. The summed E-state index contributed by atoms with van der Waals surface area (Å²) in [5, 5.41) is 17.2. The summed E-state index contributed by atoms with van der Waals surface area (Å²) in [7, 11) is 1.41. The number of para-hydroxylation sites is 1. The van der Waals surface area contributed by atoms with Gasteiger partial charge in [-0.15, -0.1) is 0 Å². The number of furan rings is 1. The normalized spacial score (nSPS) is 10.6. The van der Waals surface area contributed by atoms with Crippen LogP contribution < -0.4 is 15.4 Å². The Bertz CT molecular complexity index is 1370. The molecule has 0 unspecified atom stereocenters. The van der Waals surface area contributed by atoms with Gasteiger partial charge >= 0.3 is 0 Å². The van der Waals surface area contributed by atoms with Crippen LogP contribution in [0.25, 0.3) is 11.0 Å². The number of methoxy groups -OCH3 is 1. The Labute approximate surface area is 192 Å². The van der Waals surface area contributed by atoms with Crippen molar-refractivity contribution in [2.75, 3.05) is 17.7 Å². The lowest BCUT2D eigenvalue weighted by atomic mass is 10.1. The van der Waals surface area contributed by atoms with Gasteiger partial charge in [0.25, 0.3) is 17.5 Å². The number of ether oxygens (including phenoxy) is 1. The van der Waals surface area contributed by atoms with E-state index in [4.69, 9.17) is 20.8 Å². The van der Waals surface area contributed by atoms with Crippen molar-refractivity contribution < 1.29 is 23.7 Å². The molecule has 2 N–H and O–H groups in total. The maximum absolute atomic E-state index is 12.6. The summed E-state index contributed by atoms with van der Waals surface area (Å²) in [6.07, 6.45) is 0. The van der Waals surface area contributed by atoms with Gasteiger partial charge in [0.15, 0.2) is 5.76 Å². The first kappa shape index (κ1) is 21.8. The van der Waals surface area contributed by atoms with E-state index >= 15 is 0 Å². The summed E-state index contributed by atoms with van der Waals surface area (Å²) < 4.78 is 10.9. The van der Waals surface area contributed by atoms with Crippen molar-refractivity contribution in [1.82, 2.24) is 0 Å². The van der Waals surface area contributed by atoms with Crippen molar-refractivity contribution in [3.63, 3.8) is 0 Å². The number of fused-ring (bicyclic) bond motifs is 1. The third-order valence-electron chi connectivity index (χ3n) is 4.76. The van der Waals surface area contributed by atoms with E-state index in [-0.39, 0.29) is 27.8 Å². The van der Waals surface area contributed by atoms with Crippen LogP contribution in [0.2, 0.25) is 5.02 Å². The van der Waals surface area contributed by atoms with Crippen molar-refractivity contribution in [3.8, 4) is 5.75 Å². The molecule has 1 aromatic heterocycles. The minimum absolute atomic E-state index is 0.0490. The highest BCUT2D eigenvalue weighted by atomic mass is 35.5. The Kier molecular flexibility index (Phi) is 5.97. The van der Waals surface area contributed by atoms with Crippen LogP contribution in [0.4, 0.5) is 17.1 Å². The number of hydrogen-bond acceptors (Lipinski definition) is 6. The van der Waals surface area contributed by atoms with Crippen molar-refractivity contribution in [3.05, 3.63) is 93.2 Å². The van der Waals surface area contributed by atoms with E-state index in [1.54, 1.807) is 24.3 Å². The molecule has 2 amide bonds. The fourth-order valence-corrected chi connectivity index (χ4v) is 3.35. The Hall–Kier alpha value is -4.37. The predicted octanol–water partition coefficient (Wildman–Crippen LogP) is 5.51. The van der Waals surface area contributed by atoms with E-state index in [2.05, 4.69) is 10.6 Å². The molecular weight excluding hydrogens is 450 g/mol. The van der Waals surface area contributed by atoms with E-state index in [1.807, 2.05) is 18.2 Å². The fraction of sp³-hybridized carbons (Fsp3) is 0.0435. The molecule has 0 fully saturated rings. The number of rotatable bonds is 6. The molecule has 1 heterocycles. The Morgan fingerprint density at radius 1 is 1.00 bits per heavy atom. The van der Waals surface area contributed by atoms with Crippen LogP contribution >= 0.6 is 11.6 Å². The zero-order valence-corrected chi connectivity index (χ0v) is 17.9. The number of hydrogen-bond donors (Lipinski definition) is 2. The number of benzene rings is 3. The largest absolute Gasteiger partial charge is 0.494 e. The quantitative estimate of drug-likeness (QED) is 0.286. The van der Waals surface area contributed by atoms with Gasteiger partial charge in [0, 0.05) is 29.3 Å². The Morgan fingerprint density at radius 3 is 2.52 bits per heavy atom. The smallest absolute Gasteiger partial charge is 0.291 e. The average molecular weight is 466 g/mol. The zero-order chi connectivity index (χ0) is 23.5. The predicted molar refractivity (Wildman–Crippen MR) is 123 cm³/mol. The average Bonchev–Trinajstić information content (AvgIpc) is 3.24. The van der Waals surface area contributed by atoms with Gasteiger partial charge in [-0.05, 0) is 30.3 Å². The second kappa shape index (κ2) is 9.01. The van der Waals surface area contributed by atoms with Gasteiger partial charge in [-0.25, -0.2) is 0 Å². The molecule has 4 rings (SSSR count). The molecule has 0 bridgehead atoms. The van der Waals surface area contributed by atoms with Gasteiger partial charge in [-0.3, -0.25) is 19.7 Å². The van der Waals surface area contributed by atoms with Gasteiger partial charge in [-0.1, -0.05) is 29.8 Å². The molecule has 166 valence electrons. The topological polar surface area (TPSA) is 124 Å². The molecule has 10 heteroatoms. The lowest BCUT2D eigenvalue weighted by Gasteiger charge is -2.12. The number of non-ortho nitro benzene ring substituents is 1. The number of nitrogens with zero attached hydrogens (tertiary/aromatic N) is 1. The van der Waals surface area contributed by atoms with Gasteiger partial charge in [-0.2, -0.15) is 0 Å². The van der Waals surface area contributed by atoms with E-state index in [0.29, 0.717) is 17.0 Å². The van der Waals surface area contributed by atoms with E-state index < -0.39 is 16.7 Å². The lowest BCUT2D eigenvalue weighted by molar-refractivity contribution is -0.384. The highest BCUT2D eigenvalue weighted by Crippen LogP contribution is 2.30. The van der Waals surface area contributed by atoms with Crippen LogP contribution in [0, 0.1) is 10.1 Å². The van der Waals surface area contributed by atoms with E-state index in [1.165, 1.54) is 25.3 Å². The van der Waals surface area contributed by atoms with Crippen LogP contribution in [-0.4, -0.2) is 23.8 Å². The summed E-state index contributed by atoms with van der Waals surface area (Å²) in [5.74, 6) is -0.687. The molecule has 3 aromatic carbocycles. The molecule has 0 saturated heterocycles. The maximum atomic E-state index is 12.6. The van der Waals surface area contributed by atoms with Crippen LogP contribution in [-0.2, 0) is 0 Å². The number of nitrogens with one attached hydrogen (secondary N) is 2. The Balaban J connectivity index is 1.53. The van der Waals surface area contributed by atoms with Crippen molar-refractivity contribution >= 4 is 51.4 Å². The number of anilines is 2. The molecular formula is C23H16ClN3O6. The molecule has 0 radical (unpaired) electrons. The molecule has 0 saturated carbocycles. The van der Waals surface area contributed by atoms with Crippen molar-refractivity contribution in [2.45, 2.75) is 0 Å². The van der Waals surface area contributed by atoms with E-state index in [0.717, 1.165) is 11.5 Å². The Morgan fingerprint density at radius 2 is 1.79 bits per heavy atom. The molecule has 0 aliphatic heterocycles. The molecule has 9 nitrogen and oxygen atoms in total. The van der Waals surface area contributed by atoms with E-state index in [9.17, 15) is 19.7 Å². The molecule has 33 heavy (non-hydrogen) atoms. The monoisotopic (exact) mass is 465 g/mol. The maximum Gasteiger partial charge on any atom is 0.291 e. The second-order valence-corrected chi connectivity index (χ2v) is 7.30. The summed E-state index contributed by atoms with van der Waals surface area (Å²) in [4.78, 5) is 35.6. The third-order valence-corrected chi connectivity index (χ3v) is 5.09. The molecule has 0 spiro atoms. The summed E-state index contributed by atoms with van der Waals surface area (Å²) in [5.41, 5.74) is 0.973. The van der Waals surface area contributed by atoms with Crippen molar-refractivity contribution in [1.29, 1.82) is 0 Å². The van der Waals surface area contributed by atoms with Gasteiger partial charge in [0.2, 0.25) is 0 Å². The minimum Gasteiger partial charge on any atom is -0.494 e. The van der Waals surface area contributed by atoms with Crippen LogP contribution in [0.15, 0.2) is 71.1 Å². The lowest BCUT2D eigenvalue weighted by Crippen LogP contribution is -2.14. The summed E-state index contributed by atoms with van der Waals surface area (Å²) in [6, 6.07) is 17.1. The number of carbonyl (C=O) groups excluding carboxylic acids is 2. The molecule has 4 aromatic rings. The minimum atomic E-state index is -0.634. The first-order valence-corrected chi connectivity index (χ1v) is 9.97. The highest BCUT2D eigenvalue weighted by molar-refractivity contribution is 6.34. The second-order valence-electron chi connectivity index (χ2n) is 6.89. The standard InChI is InChI=1S/C23H16ClN3O6/c1-32-20-11-14(25-22(28)16-12-15(27(30)31)7-8-17(16)24)6-9-18(20)26-23(29)21-10-13-4-2-3-5-19(13)33-21/h2-12H,1H3,(H,25,28)(H,26,29). The number of halogens is 1. The summed E-state index contributed by atoms with van der Waals surface area (Å²) in [6.45, 7) is 0. The SMILES string of the molecule is COc1cc(NC(=O)c2cc([N+](=O)[O-])ccc2Cl)ccc1NC(=O)c1cc2ccccc2o1. The summed E-state index contributed by atoms with van der Waals surface area (Å²) >= 11 is 6.03. The van der Waals surface area contributed by atoms with Gasteiger partial charge < -0.3 is 19.8 Å².